The normalized spacial score (nSPS) is 25.7. The summed E-state index contributed by atoms with van der Waals surface area (Å²) in [6, 6.07) is 20.3. The first-order valence-electron chi connectivity index (χ1n) is 22.6. The molecular weight excluding hydrogens is 719 g/mol. The Morgan fingerprint density at radius 3 is 1.90 bits per heavy atom. The third-order valence-corrected chi connectivity index (χ3v) is 17.9. The number of hydrogen-bond acceptors (Lipinski definition) is 3. The van der Waals surface area contributed by atoms with Crippen LogP contribution in [0.3, 0.4) is 0 Å². The molecule has 0 N–H and O–H groups in total. The van der Waals surface area contributed by atoms with E-state index in [0.29, 0.717) is 11.8 Å². The van der Waals surface area contributed by atoms with Crippen molar-refractivity contribution < 1.29 is 0 Å². The predicted octanol–water partition coefficient (Wildman–Crippen LogP) is 13.6. The van der Waals surface area contributed by atoms with Gasteiger partial charge in [0, 0.05) is 49.3 Å². The van der Waals surface area contributed by atoms with Crippen LogP contribution in [0.1, 0.15) is 173 Å². The molecular formula is C54H67BN2S. The molecule has 0 saturated heterocycles. The van der Waals surface area contributed by atoms with Gasteiger partial charge in [-0.05, 0) is 128 Å². The van der Waals surface area contributed by atoms with E-state index in [1.807, 2.05) is 0 Å². The summed E-state index contributed by atoms with van der Waals surface area (Å²) >= 11 is 2.18. The van der Waals surface area contributed by atoms with Crippen molar-refractivity contribution in [2.45, 2.75) is 169 Å². The maximum absolute atomic E-state index is 2.83. The summed E-state index contributed by atoms with van der Waals surface area (Å²) in [4.78, 5) is 7.22. The molecule has 0 spiro atoms. The number of thiophene rings is 1. The standard InChI is InChI=1S/C54H67BN2S/c1-30-26-41-43-45(32(30)3)56(35-19-17-33(18-20-35)49(4,5)6)40-29-37-36(51(10,11)21-22-52(37,12)13)28-39(40)55(43)48-46-42-47(58-48)53(14,15)23-24-54(42,16)38-27-34(50(7,8)9)25-31(2)44(38)57(41)46/h17-20,25-30,32H,21-24H2,1-16H3. The second kappa shape index (κ2) is 11.7. The molecule has 302 valence electrons. The van der Waals surface area contributed by atoms with Gasteiger partial charge in [0.25, 0.3) is 6.71 Å². The van der Waals surface area contributed by atoms with E-state index in [2.05, 4.69) is 187 Å². The molecule has 4 heteroatoms. The summed E-state index contributed by atoms with van der Waals surface area (Å²) in [7, 11) is 0. The van der Waals surface area contributed by atoms with E-state index in [9.17, 15) is 0 Å². The Labute approximate surface area is 355 Å². The summed E-state index contributed by atoms with van der Waals surface area (Å²) < 4.78 is 1.58. The van der Waals surface area contributed by atoms with Gasteiger partial charge in [-0.3, -0.25) is 0 Å². The summed E-state index contributed by atoms with van der Waals surface area (Å²) in [5, 5.41) is 0. The van der Waals surface area contributed by atoms with Crippen molar-refractivity contribution in [3.63, 3.8) is 0 Å². The van der Waals surface area contributed by atoms with Crippen LogP contribution in [0.15, 0.2) is 71.5 Å². The molecule has 3 aliphatic carbocycles. The smallest absolute Gasteiger partial charge is 0.264 e. The molecule has 1 aromatic heterocycles. The number of fused-ring (bicyclic) bond motifs is 8. The molecule has 0 amide bonds. The summed E-state index contributed by atoms with van der Waals surface area (Å²) in [5.74, 6) is 0.724. The third-order valence-electron chi connectivity index (χ3n) is 16.3. The Balaban J connectivity index is 1.35. The number of benzene rings is 3. The van der Waals surface area contributed by atoms with Gasteiger partial charge in [0.2, 0.25) is 0 Å². The summed E-state index contributed by atoms with van der Waals surface area (Å²) in [5.41, 5.74) is 22.7. The number of nitrogens with zero attached hydrogens (tertiary/aromatic N) is 2. The minimum atomic E-state index is -0.0365. The highest BCUT2D eigenvalue weighted by atomic mass is 32.1. The fourth-order valence-electron chi connectivity index (χ4n) is 12.1. The fraction of sp³-hybridized carbons (Fsp3) is 0.519. The minimum Gasteiger partial charge on any atom is -0.315 e. The zero-order valence-electron chi connectivity index (χ0n) is 38.6. The van der Waals surface area contributed by atoms with Gasteiger partial charge in [0.15, 0.2) is 0 Å². The minimum absolute atomic E-state index is 0.0365. The quantitative estimate of drug-likeness (QED) is 0.177. The van der Waals surface area contributed by atoms with E-state index < -0.39 is 0 Å². The van der Waals surface area contributed by atoms with Crippen molar-refractivity contribution in [3.8, 4) is 0 Å². The van der Waals surface area contributed by atoms with Gasteiger partial charge in [-0.2, -0.15) is 11.3 Å². The molecule has 3 atom stereocenters. The molecule has 0 fully saturated rings. The van der Waals surface area contributed by atoms with Gasteiger partial charge in [-0.15, -0.1) is 0 Å². The Kier molecular flexibility index (Phi) is 7.77. The first kappa shape index (κ1) is 38.7. The largest absolute Gasteiger partial charge is 0.315 e. The van der Waals surface area contributed by atoms with E-state index in [4.69, 9.17) is 0 Å². The van der Waals surface area contributed by atoms with Crippen LogP contribution in [-0.2, 0) is 32.5 Å². The zero-order chi connectivity index (χ0) is 41.6. The van der Waals surface area contributed by atoms with Crippen LogP contribution in [0.25, 0.3) is 0 Å². The highest BCUT2D eigenvalue weighted by molar-refractivity contribution is 7.28. The van der Waals surface area contributed by atoms with Crippen LogP contribution in [0, 0.1) is 18.8 Å². The van der Waals surface area contributed by atoms with Crippen molar-refractivity contribution >= 4 is 51.0 Å². The van der Waals surface area contributed by atoms with Crippen LogP contribution < -0.4 is 20.0 Å². The zero-order valence-corrected chi connectivity index (χ0v) is 39.4. The van der Waals surface area contributed by atoms with Crippen molar-refractivity contribution in [2.24, 2.45) is 11.8 Å². The molecule has 0 saturated carbocycles. The molecule has 4 heterocycles. The predicted molar refractivity (Wildman–Crippen MR) is 253 cm³/mol. The van der Waals surface area contributed by atoms with Crippen LogP contribution in [0.5, 0.6) is 0 Å². The van der Waals surface area contributed by atoms with E-state index in [1.165, 1.54) is 82.0 Å². The van der Waals surface area contributed by atoms with E-state index >= 15 is 0 Å². The average molecular weight is 787 g/mol. The SMILES string of the molecule is Cc1cc(C(C)(C)C)cc2c1N1C3=CC(C)C(C)C4=C3B(c3cc5c(cc3N4c3ccc(C(C)(C)C)cc3)C(C)(C)CCC5(C)C)c3sc4c(c31)C2(C)CCC4(C)C. The molecule has 10 rings (SSSR count). The summed E-state index contributed by atoms with van der Waals surface area (Å²) in [6.07, 6.45) is 7.51. The van der Waals surface area contributed by atoms with E-state index in [-0.39, 0.29) is 39.2 Å². The van der Waals surface area contributed by atoms with Gasteiger partial charge in [0.05, 0.1) is 11.4 Å². The van der Waals surface area contributed by atoms with Crippen molar-refractivity contribution in [1.82, 2.24) is 0 Å². The molecule has 2 nitrogen and oxygen atoms in total. The van der Waals surface area contributed by atoms with E-state index in [1.54, 1.807) is 37.4 Å². The van der Waals surface area contributed by atoms with Crippen molar-refractivity contribution in [1.29, 1.82) is 0 Å². The average Bonchev–Trinajstić information content (AvgIpc) is 3.55. The lowest BCUT2D eigenvalue weighted by molar-refractivity contribution is 0.332. The van der Waals surface area contributed by atoms with Gasteiger partial charge < -0.3 is 9.80 Å². The molecule has 6 aliphatic rings. The van der Waals surface area contributed by atoms with Crippen LogP contribution in [0.4, 0.5) is 22.7 Å². The Morgan fingerprint density at radius 1 is 0.672 bits per heavy atom. The Hall–Kier alpha value is -3.50. The lowest BCUT2D eigenvalue weighted by Crippen LogP contribution is -2.58. The van der Waals surface area contributed by atoms with Gasteiger partial charge >= 0.3 is 0 Å². The molecule has 0 radical (unpaired) electrons. The van der Waals surface area contributed by atoms with Crippen LogP contribution >= 0.6 is 11.3 Å². The molecule has 3 aromatic carbocycles. The Bertz CT molecular complexity index is 2520. The number of aryl methyl sites for hydroxylation is 1. The Morgan fingerprint density at radius 2 is 1.28 bits per heavy atom. The van der Waals surface area contributed by atoms with Crippen molar-refractivity contribution in [2.75, 3.05) is 9.80 Å². The third kappa shape index (κ3) is 5.02. The second-order valence-corrected chi connectivity index (χ2v) is 24.9. The molecule has 4 aromatic rings. The molecule has 58 heavy (non-hydrogen) atoms. The lowest BCUT2D eigenvalue weighted by atomic mass is 9.33. The topological polar surface area (TPSA) is 6.48 Å². The van der Waals surface area contributed by atoms with Gasteiger partial charge in [-0.1, -0.05) is 140 Å². The maximum Gasteiger partial charge on any atom is 0.264 e. The number of rotatable bonds is 1. The number of anilines is 4. The first-order chi connectivity index (χ1) is 26.9. The highest BCUT2D eigenvalue weighted by Gasteiger charge is 2.58. The first-order valence-corrected chi connectivity index (χ1v) is 23.4. The second-order valence-electron chi connectivity index (χ2n) is 23.8. The molecule has 3 unspecified atom stereocenters. The summed E-state index contributed by atoms with van der Waals surface area (Å²) in [6.45, 7) is 39.5. The number of allylic oxidation sites excluding steroid dienone is 3. The highest BCUT2D eigenvalue weighted by Crippen LogP contribution is 2.65. The molecule has 3 aliphatic heterocycles. The monoisotopic (exact) mass is 787 g/mol. The fourth-order valence-corrected chi connectivity index (χ4v) is 13.8. The van der Waals surface area contributed by atoms with E-state index in [0.717, 1.165) is 0 Å². The van der Waals surface area contributed by atoms with Crippen LogP contribution in [-0.4, -0.2) is 6.71 Å². The van der Waals surface area contributed by atoms with Crippen molar-refractivity contribution in [3.05, 3.63) is 115 Å². The number of hydrogen-bond donors (Lipinski definition) is 0. The van der Waals surface area contributed by atoms with Gasteiger partial charge in [0.1, 0.15) is 0 Å². The maximum atomic E-state index is 2.83. The molecule has 0 bridgehead atoms. The van der Waals surface area contributed by atoms with Crippen LogP contribution in [0.2, 0.25) is 0 Å². The lowest BCUT2D eigenvalue weighted by Gasteiger charge is -2.54. The van der Waals surface area contributed by atoms with Gasteiger partial charge in [-0.25, -0.2) is 0 Å².